The molecule has 1 N–H and O–H groups in total. The van der Waals surface area contributed by atoms with E-state index in [4.69, 9.17) is 14.8 Å². The average Bonchev–Trinajstić information content (AvgIpc) is 2.73. The molecule has 156 valence electrons. The van der Waals surface area contributed by atoms with E-state index in [1.807, 2.05) is 43.3 Å². The molecule has 0 saturated carbocycles. The van der Waals surface area contributed by atoms with Gasteiger partial charge in [0.2, 0.25) is 0 Å². The van der Waals surface area contributed by atoms with Gasteiger partial charge in [0.25, 0.3) is 5.91 Å². The van der Waals surface area contributed by atoms with Crippen LogP contribution in [0.1, 0.15) is 37.1 Å². The molecule has 2 aliphatic rings. The van der Waals surface area contributed by atoms with Gasteiger partial charge in [-0.25, -0.2) is 5.01 Å². The molecule has 0 fully saturated rings. The fraction of sp³-hybridized carbons (Fsp3) is 0.318. The first-order valence-corrected chi connectivity index (χ1v) is 11.6. The standard InChI is InChI=1S/C22H23BrN4O2S/c1-4-5-10-30-22-25-21(28)19-16-12-15(23)7-8-17(16)24-20(27(19)26-22)14-6-9-18(29-3)13(2)11-14/h6-9,11-12,20H,4-5,10H2,1-3H3,(H,25,26,28)/t20-/m1/s1. The Labute approximate surface area is 188 Å². The maximum absolute atomic E-state index is 13.1. The third-order valence-corrected chi connectivity index (χ3v) is 6.47. The lowest BCUT2D eigenvalue weighted by Gasteiger charge is -2.34. The first kappa shape index (κ1) is 20.9. The number of carbonyl (C=O) groups excluding carboxylic acids is 1. The van der Waals surface area contributed by atoms with Crippen LogP contribution in [0.25, 0.3) is 5.70 Å². The van der Waals surface area contributed by atoms with E-state index >= 15 is 0 Å². The van der Waals surface area contributed by atoms with Gasteiger partial charge in [-0.15, -0.1) is 5.10 Å². The summed E-state index contributed by atoms with van der Waals surface area (Å²) in [4.78, 5) is 18.1. The van der Waals surface area contributed by atoms with Gasteiger partial charge in [0.05, 0.1) is 12.5 Å². The van der Waals surface area contributed by atoms with E-state index < -0.39 is 6.17 Å². The van der Waals surface area contributed by atoms with Gasteiger partial charge in [-0.05, 0) is 54.8 Å². The van der Waals surface area contributed by atoms with Crippen molar-refractivity contribution in [2.45, 2.75) is 32.9 Å². The number of benzene rings is 2. The van der Waals surface area contributed by atoms with E-state index in [-0.39, 0.29) is 5.91 Å². The monoisotopic (exact) mass is 486 g/mol. The molecule has 0 spiro atoms. The zero-order valence-electron chi connectivity index (χ0n) is 17.1. The van der Waals surface area contributed by atoms with Crippen molar-refractivity contribution in [3.63, 3.8) is 0 Å². The Kier molecular flexibility index (Phi) is 6.15. The number of fused-ring (bicyclic) bond motifs is 2. The normalized spacial score (nSPS) is 17.5. The number of aryl methyl sites for hydroxylation is 1. The first-order chi connectivity index (χ1) is 14.5. The molecular weight excluding hydrogens is 464 g/mol. The van der Waals surface area contributed by atoms with E-state index in [0.29, 0.717) is 10.9 Å². The van der Waals surface area contributed by atoms with Crippen molar-refractivity contribution >= 4 is 44.5 Å². The molecule has 1 atom stereocenters. The Morgan fingerprint density at radius 1 is 1.27 bits per heavy atom. The predicted molar refractivity (Wildman–Crippen MR) is 124 cm³/mol. The van der Waals surface area contributed by atoms with E-state index in [2.05, 4.69) is 28.2 Å². The van der Waals surface area contributed by atoms with E-state index in [1.54, 1.807) is 23.9 Å². The van der Waals surface area contributed by atoms with Crippen molar-refractivity contribution in [2.24, 2.45) is 10.1 Å². The average molecular weight is 487 g/mol. The number of amides is 1. The number of halogens is 1. The zero-order chi connectivity index (χ0) is 21.3. The lowest BCUT2D eigenvalue weighted by molar-refractivity contribution is -0.116. The van der Waals surface area contributed by atoms with Gasteiger partial charge in [-0.1, -0.05) is 47.1 Å². The molecule has 0 radical (unpaired) electrons. The Balaban J connectivity index is 1.86. The number of nitrogens with one attached hydrogen (secondary N) is 1. The molecule has 0 saturated heterocycles. The van der Waals surface area contributed by atoms with Gasteiger partial charge in [0.15, 0.2) is 11.3 Å². The van der Waals surface area contributed by atoms with Crippen LogP contribution in [0.15, 0.2) is 51.0 Å². The smallest absolute Gasteiger partial charge is 0.276 e. The number of methoxy groups -OCH3 is 1. The maximum Gasteiger partial charge on any atom is 0.276 e. The van der Waals surface area contributed by atoms with Crippen LogP contribution in [0.5, 0.6) is 5.75 Å². The Bertz CT molecular complexity index is 1150. The second-order valence-corrected chi connectivity index (χ2v) is 9.15. The van der Waals surface area contributed by atoms with Gasteiger partial charge < -0.3 is 4.74 Å². The van der Waals surface area contributed by atoms with Crippen LogP contribution in [-0.2, 0) is 4.79 Å². The predicted octanol–water partition coefficient (Wildman–Crippen LogP) is 3.44. The molecule has 0 aromatic heterocycles. The van der Waals surface area contributed by atoms with Gasteiger partial charge in [-0.3, -0.25) is 15.1 Å². The molecule has 6 nitrogen and oxygen atoms in total. The number of rotatable bonds is 5. The van der Waals surface area contributed by atoms with Crippen LogP contribution < -0.4 is 20.6 Å². The quantitative estimate of drug-likeness (QED) is 0.657. The van der Waals surface area contributed by atoms with Crippen molar-refractivity contribution < 1.29 is 9.53 Å². The highest BCUT2D eigenvalue weighted by atomic mass is 79.9. The second-order valence-electron chi connectivity index (χ2n) is 7.15. The third-order valence-electron chi connectivity index (χ3n) is 5.02. The van der Waals surface area contributed by atoms with Gasteiger partial charge in [0.1, 0.15) is 11.4 Å². The number of hydrogen-bond acceptors (Lipinski definition) is 6. The SMILES string of the molecule is CCCCSC1=NN2C(=c3cc(Br)ccc3=N[C@H]2c2ccc(OC)c(C)c2)C(=O)N1. The molecule has 1 amide bonds. The maximum atomic E-state index is 13.1. The molecule has 4 rings (SSSR count). The molecule has 0 aliphatic carbocycles. The molecule has 30 heavy (non-hydrogen) atoms. The third kappa shape index (κ3) is 3.98. The first-order valence-electron chi connectivity index (χ1n) is 9.86. The summed E-state index contributed by atoms with van der Waals surface area (Å²) in [5.74, 6) is 1.57. The highest BCUT2D eigenvalue weighted by Crippen LogP contribution is 2.33. The molecular formula is C22H23BrN4O2S. The van der Waals surface area contributed by atoms with Gasteiger partial charge >= 0.3 is 0 Å². The van der Waals surface area contributed by atoms with Crippen molar-refractivity contribution in [1.82, 2.24) is 10.3 Å². The summed E-state index contributed by atoms with van der Waals surface area (Å²) in [6, 6.07) is 11.7. The summed E-state index contributed by atoms with van der Waals surface area (Å²) in [5, 5.41) is 11.7. The van der Waals surface area contributed by atoms with Crippen molar-refractivity contribution in [1.29, 1.82) is 0 Å². The Hall–Kier alpha value is -2.32. The minimum Gasteiger partial charge on any atom is -0.496 e. The summed E-state index contributed by atoms with van der Waals surface area (Å²) in [6.07, 6.45) is 1.74. The number of hydrogen-bond donors (Lipinski definition) is 1. The summed E-state index contributed by atoms with van der Waals surface area (Å²) in [7, 11) is 1.66. The highest BCUT2D eigenvalue weighted by Gasteiger charge is 2.34. The molecule has 0 unspecified atom stereocenters. The molecule has 2 heterocycles. The molecule has 8 heteroatoms. The van der Waals surface area contributed by atoms with Crippen LogP contribution in [0, 0.1) is 6.92 Å². The lowest BCUT2D eigenvalue weighted by atomic mass is 10.1. The number of nitrogens with zero attached hydrogens (tertiary/aromatic N) is 3. The van der Waals surface area contributed by atoms with Crippen LogP contribution in [0.3, 0.4) is 0 Å². The van der Waals surface area contributed by atoms with E-state index in [9.17, 15) is 4.79 Å². The van der Waals surface area contributed by atoms with Crippen LogP contribution in [0.2, 0.25) is 0 Å². The van der Waals surface area contributed by atoms with E-state index in [0.717, 1.165) is 50.5 Å². The molecule has 0 bridgehead atoms. The second kappa shape index (κ2) is 8.81. The minimum atomic E-state index is -0.425. The van der Waals surface area contributed by atoms with Gasteiger partial charge in [-0.2, -0.15) is 0 Å². The fourth-order valence-electron chi connectivity index (χ4n) is 3.51. The van der Waals surface area contributed by atoms with Crippen LogP contribution >= 0.6 is 27.7 Å². The van der Waals surface area contributed by atoms with Crippen molar-refractivity contribution in [2.75, 3.05) is 12.9 Å². The summed E-state index contributed by atoms with van der Waals surface area (Å²) in [5.41, 5.74) is 2.48. The van der Waals surface area contributed by atoms with Crippen molar-refractivity contribution in [3.8, 4) is 5.75 Å². The van der Waals surface area contributed by atoms with Gasteiger partial charge in [0, 0.05) is 15.4 Å². The highest BCUT2D eigenvalue weighted by molar-refractivity contribution is 9.10. The van der Waals surface area contributed by atoms with Crippen molar-refractivity contribution in [3.05, 3.63) is 62.6 Å². The number of hydrazone groups is 1. The number of amidine groups is 1. The molecule has 2 aliphatic heterocycles. The molecule has 2 aromatic carbocycles. The number of ether oxygens (including phenoxy) is 1. The summed E-state index contributed by atoms with van der Waals surface area (Å²) >= 11 is 5.07. The Morgan fingerprint density at radius 3 is 2.83 bits per heavy atom. The summed E-state index contributed by atoms with van der Waals surface area (Å²) < 4.78 is 6.29. The number of thioether (sulfide) groups is 1. The van der Waals surface area contributed by atoms with Crippen LogP contribution in [-0.4, -0.2) is 28.9 Å². The van der Waals surface area contributed by atoms with E-state index in [1.165, 1.54) is 0 Å². The fourth-order valence-corrected chi connectivity index (χ4v) is 4.81. The lowest BCUT2D eigenvalue weighted by Crippen LogP contribution is -2.50. The minimum absolute atomic E-state index is 0.159. The summed E-state index contributed by atoms with van der Waals surface area (Å²) in [6.45, 7) is 4.15. The topological polar surface area (TPSA) is 66.3 Å². The molecule has 2 aromatic rings. The zero-order valence-corrected chi connectivity index (χ0v) is 19.5. The Morgan fingerprint density at radius 2 is 2.10 bits per heavy atom. The number of unbranched alkanes of at least 4 members (excludes halogenated alkanes) is 1. The number of carbonyl (C=O) groups is 1. The van der Waals surface area contributed by atoms with Crippen LogP contribution in [0.4, 0.5) is 0 Å². The largest absolute Gasteiger partial charge is 0.496 e.